The maximum absolute atomic E-state index is 12.0. The van der Waals surface area contributed by atoms with E-state index < -0.39 is 18.5 Å². The monoisotopic (exact) mass is 475 g/mol. The van der Waals surface area contributed by atoms with E-state index in [1.54, 1.807) is 30.3 Å². The van der Waals surface area contributed by atoms with Crippen LogP contribution in [0.5, 0.6) is 5.75 Å². The molecule has 0 heterocycles. The Morgan fingerprint density at radius 3 is 2.50 bits per heavy atom. The maximum Gasteiger partial charge on any atom is 0.342 e. The Hall–Kier alpha value is -1.57. The maximum atomic E-state index is 12.0. The van der Waals surface area contributed by atoms with Crippen LogP contribution in [0.4, 0.5) is 0 Å². The lowest BCUT2D eigenvalue weighted by Crippen LogP contribution is -2.28. The van der Waals surface area contributed by atoms with Crippen molar-refractivity contribution in [3.05, 3.63) is 61.5 Å². The van der Waals surface area contributed by atoms with Crippen LogP contribution in [0.1, 0.15) is 15.9 Å². The molecule has 5 nitrogen and oxygen atoms in total. The van der Waals surface area contributed by atoms with E-state index in [2.05, 4.69) is 37.2 Å². The number of benzene rings is 2. The molecule has 2 rings (SSSR count). The van der Waals surface area contributed by atoms with E-state index in [9.17, 15) is 14.7 Å². The molecular formula is C16H12Br2ClNO4. The number of phenols is 1. The number of esters is 1. The summed E-state index contributed by atoms with van der Waals surface area (Å²) in [6, 6.07) is 10.0. The third-order valence-corrected chi connectivity index (χ3v) is 4.30. The van der Waals surface area contributed by atoms with Crippen molar-refractivity contribution in [2.24, 2.45) is 0 Å². The van der Waals surface area contributed by atoms with E-state index in [1.807, 2.05) is 0 Å². The van der Waals surface area contributed by atoms with E-state index >= 15 is 0 Å². The summed E-state index contributed by atoms with van der Waals surface area (Å²) in [5.74, 6) is -1.49. The van der Waals surface area contributed by atoms with Crippen molar-refractivity contribution < 1.29 is 19.4 Å². The average molecular weight is 478 g/mol. The molecule has 0 aliphatic rings. The number of ether oxygens (including phenoxy) is 1. The minimum absolute atomic E-state index is 0.0400. The smallest absolute Gasteiger partial charge is 0.342 e. The number of hydrogen-bond donors (Lipinski definition) is 2. The van der Waals surface area contributed by atoms with E-state index in [0.29, 0.717) is 20.5 Å². The average Bonchev–Trinajstić information content (AvgIpc) is 2.55. The first kappa shape index (κ1) is 18.8. The van der Waals surface area contributed by atoms with Gasteiger partial charge in [0, 0.05) is 16.0 Å². The van der Waals surface area contributed by atoms with Gasteiger partial charge in [-0.25, -0.2) is 4.79 Å². The highest BCUT2D eigenvalue weighted by Gasteiger charge is 2.17. The van der Waals surface area contributed by atoms with Crippen molar-refractivity contribution in [1.29, 1.82) is 0 Å². The number of phenolic OH excluding ortho intramolecular Hbond substituents is 1. The predicted molar refractivity (Wildman–Crippen MR) is 97.1 cm³/mol. The molecule has 0 spiro atoms. The normalized spacial score (nSPS) is 10.3. The molecule has 0 aliphatic heterocycles. The van der Waals surface area contributed by atoms with Crippen LogP contribution in [-0.2, 0) is 16.1 Å². The van der Waals surface area contributed by atoms with Crippen molar-refractivity contribution in [3.63, 3.8) is 0 Å². The molecule has 1 amide bonds. The number of amides is 1. The fourth-order valence-corrected chi connectivity index (χ4v) is 3.14. The van der Waals surface area contributed by atoms with Crippen LogP contribution in [-0.4, -0.2) is 23.6 Å². The standard InChI is InChI=1S/C16H12Br2ClNO4/c17-10-5-12(15(22)13(18)6-10)16(23)24-8-14(21)20-7-9-1-3-11(19)4-2-9/h1-6,22H,7-8H2,(H,20,21). The van der Waals surface area contributed by atoms with E-state index in [-0.39, 0.29) is 11.3 Å². The molecule has 126 valence electrons. The summed E-state index contributed by atoms with van der Waals surface area (Å²) in [7, 11) is 0. The zero-order valence-corrected chi connectivity index (χ0v) is 16.1. The summed E-state index contributed by atoms with van der Waals surface area (Å²) < 4.78 is 5.85. The molecule has 8 heteroatoms. The molecule has 2 aromatic carbocycles. The first-order chi connectivity index (χ1) is 11.4. The Balaban J connectivity index is 1.87. The van der Waals surface area contributed by atoms with Crippen LogP contribution < -0.4 is 5.32 Å². The summed E-state index contributed by atoms with van der Waals surface area (Å²) in [4.78, 5) is 23.7. The third-order valence-electron chi connectivity index (χ3n) is 2.99. The molecule has 2 N–H and O–H groups in total. The van der Waals surface area contributed by atoms with Crippen LogP contribution >= 0.6 is 43.5 Å². The van der Waals surface area contributed by atoms with Gasteiger partial charge in [0.1, 0.15) is 11.3 Å². The lowest BCUT2D eigenvalue weighted by Gasteiger charge is -2.09. The van der Waals surface area contributed by atoms with Crippen LogP contribution in [0.2, 0.25) is 5.02 Å². The van der Waals surface area contributed by atoms with Gasteiger partial charge < -0.3 is 15.2 Å². The first-order valence-electron chi connectivity index (χ1n) is 6.73. The lowest BCUT2D eigenvalue weighted by atomic mass is 10.2. The van der Waals surface area contributed by atoms with Gasteiger partial charge >= 0.3 is 5.97 Å². The molecule has 0 unspecified atom stereocenters. The highest BCUT2D eigenvalue weighted by molar-refractivity contribution is 9.11. The number of rotatable bonds is 5. The van der Waals surface area contributed by atoms with Crippen molar-refractivity contribution in [2.45, 2.75) is 6.54 Å². The zero-order valence-electron chi connectivity index (χ0n) is 12.2. The number of aromatic hydroxyl groups is 1. The van der Waals surface area contributed by atoms with E-state index in [0.717, 1.165) is 5.56 Å². The van der Waals surface area contributed by atoms with Crippen molar-refractivity contribution in [2.75, 3.05) is 6.61 Å². The van der Waals surface area contributed by atoms with Crippen LogP contribution in [0, 0.1) is 0 Å². The highest BCUT2D eigenvalue weighted by atomic mass is 79.9. The topological polar surface area (TPSA) is 75.6 Å². The Labute approximate surface area is 160 Å². The highest BCUT2D eigenvalue weighted by Crippen LogP contribution is 2.32. The fraction of sp³-hybridized carbons (Fsp3) is 0.125. The second kappa shape index (κ2) is 8.50. The number of hydrogen-bond acceptors (Lipinski definition) is 4. The number of carbonyl (C=O) groups is 2. The zero-order chi connectivity index (χ0) is 17.7. The second-order valence-electron chi connectivity index (χ2n) is 4.76. The quantitative estimate of drug-likeness (QED) is 0.638. The van der Waals surface area contributed by atoms with Gasteiger partial charge in [-0.2, -0.15) is 0 Å². The molecule has 0 aliphatic carbocycles. The van der Waals surface area contributed by atoms with Gasteiger partial charge in [0.05, 0.1) is 4.47 Å². The molecule has 0 atom stereocenters. The second-order valence-corrected chi connectivity index (χ2v) is 6.97. The van der Waals surface area contributed by atoms with Gasteiger partial charge in [0.25, 0.3) is 5.91 Å². The lowest BCUT2D eigenvalue weighted by molar-refractivity contribution is -0.124. The molecule has 0 bridgehead atoms. The molecule has 2 aromatic rings. The van der Waals surface area contributed by atoms with Gasteiger partial charge in [-0.3, -0.25) is 4.79 Å². The van der Waals surface area contributed by atoms with Crippen molar-refractivity contribution in [3.8, 4) is 5.75 Å². The van der Waals surface area contributed by atoms with Crippen LogP contribution in [0.25, 0.3) is 0 Å². The largest absolute Gasteiger partial charge is 0.506 e. The number of halogens is 3. The molecule has 0 fully saturated rings. The Kier molecular flexibility index (Phi) is 6.65. The van der Waals surface area contributed by atoms with Gasteiger partial charge in [-0.1, -0.05) is 39.7 Å². The predicted octanol–water partition coefficient (Wildman–Crippen LogP) is 4.04. The van der Waals surface area contributed by atoms with Crippen LogP contribution in [0.15, 0.2) is 45.3 Å². The molecule has 24 heavy (non-hydrogen) atoms. The molecule has 0 saturated carbocycles. The Morgan fingerprint density at radius 2 is 1.83 bits per heavy atom. The van der Waals surface area contributed by atoms with Gasteiger partial charge in [0.2, 0.25) is 0 Å². The minimum atomic E-state index is -0.795. The summed E-state index contributed by atoms with van der Waals surface area (Å²) >= 11 is 12.1. The van der Waals surface area contributed by atoms with E-state index in [4.69, 9.17) is 16.3 Å². The molecular weight excluding hydrogens is 465 g/mol. The van der Waals surface area contributed by atoms with Crippen molar-refractivity contribution in [1.82, 2.24) is 5.32 Å². The summed E-state index contributed by atoms with van der Waals surface area (Å²) in [5, 5.41) is 13.1. The summed E-state index contributed by atoms with van der Waals surface area (Å²) in [6.45, 7) is -0.156. The van der Waals surface area contributed by atoms with E-state index in [1.165, 1.54) is 6.07 Å². The molecule has 0 saturated heterocycles. The number of carbonyl (C=O) groups excluding carboxylic acids is 2. The Morgan fingerprint density at radius 1 is 1.17 bits per heavy atom. The van der Waals surface area contributed by atoms with Gasteiger partial charge in [-0.05, 0) is 45.8 Å². The molecule has 0 aromatic heterocycles. The summed E-state index contributed by atoms with van der Waals surface area (Å²) in [5.41, 5.74) is 0.828. The van der Waals surface area contributed by atoms with Crippen molar-refractivity contribution >= 4 is 55.3 Å². The fourth-order valence-electron chi connectivity index (χ4n) is 1.78. The van der Waals surface area contributed by atoms with Crippen LogP contribution in [0.3, 0.4) is 0 Å². The number of nitrogens with one attached hydrogen (secondary N) is 1. The minimum Gasteiger partial charge on any atom is -0.506 e. The molecule has 0 radical (unpaired) electrons. The first-order valence-corrected chi connectivity index (χ1v) is 8.69. The summed E-state index contributed by atoms with van der Waals surface area (Å²) in [6.07, 6.45) is 0. The SMILES string of the molecule is O=C(COC(=O)c1cc(Br)cc(Br)c1O)NCc1ccc(Cl)cc1. The van der Waals surface area contributed by atoms with Gasteiger partial charge in [-0.15, -0.1) is 0 Å². The third kappa shape index (κ3) is 5.22. The van der Waals surface area contributed by atoms with Gasteiger partial charge in [0.15, 0.2) is 6.61 Å². The Bertz CT molecular complexity index is 765.